The van der Waals surface area contributed by atoms with E-state index in [2.05, 4.69) is 25.8 Å². The number of benzene rings is 1. The summed E-state index contributed by atoms with van der Waals surface area (Å²) in [5.41, 5.74) is 3.21. The molecule has 2 aromatic rings. The van der Waals surface area contributed by atoms with Crippen LogP contribution >= 0.6 is 0 Å². The molecule has 0 aliphatic heterocycles. The van der Waals surface area contributed by atoms with E-state index in [1.165, 1.54) is 7.11 Å². The zero-order valence-electron chi connectivity index (χ0n) is 14.6. The Bertz CT molecular complexity index is 742. The zero-order chi connectivity index (χ0) is 18.2. The van der Waals surface area contributed by atoms with Gasteiger partial charge in [0.2, 0.25) is 0 Å². The maximum absolute atomic E-state index is 11.9. The molecule has 134 valence electrons. The third-order valence-corrected chi connectivity index (χ3v) is 3.49. The van der Waals surface area contributed by atoms with Gasteiger partial charge in [-0.15, -0.1) is 0 Å². The molecular weight excluding hydrogens is 322 g/mol. The average molecular weight is 345 g/mol. The van der Waals surface area contributed by atoms with Crippen LogP contribution in [0.15, 0.2) is 30.3 Å². The van der Waals surface area contributed by atoms with Gasteiger partial charge in [-0.05, 0) is 44.5 Å². The number of nitrogens with zero attached hydrogens (tertiary/aromatic N) is 2. The molecule has 3 amide bonds. The van der Waals surface area contributed by atoms with E-state index in [4.69, 9.17) is 0 Å². The quantitative estimate of drug-likeness (QED) is 0.701. The van der Waals surface area contributed by atoms with E-state index in [0.29, 0.717) is 17.9 Å². The van der Waals surface area contributed by atoms with Crippen molar-refractivity contribution >= 4 is 23.5 Å². The Morgan fingerprint density at radius 3 is 2.52 bits per heavy atom. The summed E-state index contributed by atoms with van der Waals surface area (Å²) in [6, 6.07) is 8.53. The topological polar surface area (TPSA) is 97.3 Å². The number of methoxy groups -OCH3 is 1. The summed E-state index contributed by atoms with van der Waals surface area (Å²) in [5, 5.41) is 12.4. The number of nitrogens with one attached hydrogen (secondary N) is 3. The van der Waals surface area contributed by atoms with Crippen molar-refractivity contribution in [3.8, 4) is 0 Å². The first-order chi connectivity index (χ1) is 12.0. The second-order valence-corrected chi connectivity index (χ2v) is 5.58. The standard InChI is InChI=1S/C17H23N5O3/c1-12-10-13(2)22(21-12)9-5-8-18-16(23)19-14-6-4-7-15(11-14)20-17(24)25-3/h4,6-7,10-11H,5,8-9H2,1-3H3,(H,20,24)(H2,18,19,23). The Morgan fingerprint density at radius 2 is 1.88 bits per heavy atom. The van der Waals surface area contributed by atoms with Crippen LogP contribution in [0, 0.1) is 13.8 Å². The Labute approximate surface area is 146 Å². The van der Waals surface area contributed by atoms with E-state index >= 15 is 0 Å². The van der Waals surface area contributed by atoms with Gasteiger partial charge in [0, 0.05) is 30.2 Å². The van der Waals surface area contributed by atoms with Crippen LogP contribution in [0.3, 0.4) is 0 Å². The largest absolute Gasteiger partial charge is 0.453 e. The van der Waals surface area contributed by atoms with Crippen molar-refractivity contribution < 1.29 is 14.3 Å². The monoisotopic (exact) mass is 345 g/mol. The minimum atomic E-state index is -0.564. The van der Waals surface area contributed by atoms with Crippen LogP contribution in [0.5, 0.6) is 0 Å². The summed E-state index contributed by atoms with van der Waals surface area (Å²) in [6.07, 6.45) is 0.213. The van der Waals surface area contributed by atoms with Gasteiger partial charge in [-0.3, -0.25) is 10.00 Å². The molecule has 0 spiro atoms. The Morgan fingerprint density at radius 1 is 1.16 bits per heavy atom. The van der Waals surface area contributed by atoms with E-state index in [-0.39, 0.29) is 6.03 Å². The van der Waals surface area contributed by atoms with Gasteiger partial charge in [0.25, 0.3) is 0 Å². The molecular formula is C17H23N5O3. The van der Waals surface area contributed by atoms with Crippen LogP contribution in [0.2, 0.25) is 0 Å². The molecule has 0 atom stereocenters. The number of rotatable bonds is 6. The lowest BCUT2D eigenvalue weighted by Gasteiger charge is -2.10. The highest BCUT2D eigenvalue weighted by Gasteiger charge is 2.05. The molecule has 0 aliphatic rings. The second-order valence-electron chi connectivity index (χ2n) is 5.58. The predicted molar refractivity (Wildman–Crippen MR) is 95.8 cm³/mol. The maximum Gasteiger partial charge on any atom is 0.411 e. The molecule has 0 saturated carbocycles. The molecule has 25 heavy (non-hydrogen) atoms. The summed E-state index contributed by atoms with van der Waals surface area (Å²) in [4.78, 5) is 23.1. The molecule has 0 fully saturated rings. The zero-order valence-corrected chi connectivity index (χ0v) is 14.6. The summed E-state index contributed by atoms with van der Waals surface area (Å²) in [7, 11) is 1.29. The van der Waals surface area contributed by atoms with Crippen molar-refractivity contribution in [2.45, 2.75) is 26.8 Å². The van der Waals surface area contributed by atoms with Crippen LogP contribution in [0.25, 0.3) is 0 Å². The number of hydrogen-bond acceptors (Lipinski definition) is 4. The third-order valence-electron chi connectivity index (χ3n) is 3.49. The van der Waals surface area contributed by atoms with Gasteiger partial charge in [0.1, 0.15) is 0 Å². The number of aromatic nitrogens is 2. The lowest BCUT2D eigenvalue weighted by Crippen LogP contribution is -2.30. The summed E-state index contributed by atoms with van der Waals surface area (Å²) < 4.78 is 6.46. The van der Waals surface area contributed by atoms with E-state index in [1.54, 1.807) is 24.3 Å². The van der Waals surface area contributed by atoms with Crippen LogP contribution in [0.1, 0.15) is 17.8 Å². The van der Waals surface area contributed by atoms with Gasteiger partial charge < -0.3 is 15.4 Å². The summed E-state index contributed by atoms with van der Waals surface area (Å²) in [5.74, 6) is 0. The van der Waals surface area contributed by atoms with Crippen LogP contribution in [-0.2, 0) is 11.3 Å². The average Bonchev–Trinajstić information content (AvgIpc) is 2.89. The molecule has 0 saturated heterocycles. The Kier molecular flexibility index (Phi) is 6.39. The van der Waals surface area contributed by atoms with Crippen LogP contribution < -0.4 is 16.0 Å². The lowest BCUT2D eigenvalue weighted by molar-refractivity contribution is 0.187. The Balaban J connectivity index is 1.75. The number of urea groups is 1. The first-order valence-corrected chi connectivity index (χ1v) is 7.99. The first-order valence-electron chi connectivity index (χ1n) is 7.99. The molecule has 0 unspecified atom stereocenters. The predicted octanol–water partition coefficient (Wildman–Crippen LogP) is 2.89. The van der Waals surface area contributed by atoms with E-state index < -0.39 is 6.09 Å². The molecule has 0 aliphatic carbocycles. The number of ether oxygens (including phenoxy) is 1. The number of carbonyl (C=O) groups is 2. The molecule has 1 aromatic carbocycles. The number of carbonyl (C=O) groups excluding carboxylic acids is 2. The van der Waals surface area contributed by atoms with Crippen molar-refractivity contribution in [2.24, 2.45) is 0 Å². The fourth-order valence-electron chi connectivity index (χ4n) is 2.35. The van der Waals surface area contributed by atoms with Crippen molar-refractivity contribution in [1.29, 1.82) is 0 Å². The van der Waals surface area contributed by atoms with Gasteiger partial charge in [0.05, 0.1) is 12.8 Å². The molecule has 8 nitrogen and oxygen atoms in total. The van der Waals surface area contributed by atoms with E-state index in [1.807, 2.05) is 24.6 Å². The fraction of sp³-hybridized carbons (Fsp3) is 0.353. The number of aryl methyl sites for hydroxylation is 3. The van der Waals surface area contributed by atoms with Crippen LogP contribution in [-0.4, -0.2) is 35.6 Å². The minimum absolute atomic E-state index is 0.302. The van der Waals surface area contributed by atoms with Crippen molar-refractivity contribution in [2.75, 3.05) is 24.3 Å². The lowest BCUT2D eigenvalue weighted by atomic mass is 10.3. The van der Waals surface area contributed by atoms with E-state index in [0.717, 1.165) is 24.4 Å². The second kappa shape index (κ2) is 8.72. The van der Waals surface area contributed by atoms with Gasteiger partial charge in [-0.25, -0.2) is 9.59 Å². The number of anilines is 2. The molecule has 2 rings (SSSR count). The highest BCUT2D eigenvalue weighted by atomic mass is 16.5. The highest BCUT2D eigenvalue weighted by Crippen LogP contribution is 2.15. The third kappa shape index (κ3) is 5.83. The minimum Gasteiger partial charge on any atom is -0.453 e. The molecule has 0 radical (unpaired) electrons. The van der Waals surface area contributed by atoms with Gasteiger partial charge in [-0.2, -0.15) is 5.10 Å². The summed E-state index contributed by atoms with van der Waals surface area (Å²) in [6.45, 7) is 5.25. The van der Waals surface area contributed by atoms with Crippen molar-refractivity contribution in [3.63, 3.8) is 0 Å². The maximum atomic E-state index is 11.9. The van der Waals surface area contributed by atoms with Gasteiger partial charge >= 0.3 is 12.1 Å². The Hall–Kier alpha value is -3.03. The number of hydrogen-bond donors (Lipinski definition) is 3. The highest BCUT2D eigenvalue weighted by molar-refractivity contribution is 5.91. The van der Waals surface area contributed by atoms with Crippen LogP contribution in [0.4, 0.5) is 21.0 Å². The smallest absolute Gasteiger partial charge is 0.411 e. The normalized spacial score (nSPS) is 10.2. The first kappa shape index (κ1) is 18.3. The fourth-order valence-corrected chi connectivity index (χ4v) is 2.35. The van der Waals surface area contributed by atoms with Gasteiger partial charge in [0.15, 0.2) is 0 Å². The number of amides is 3. The van der Waals surface area contributed by atoms with Crippen molar-refractivity contribution in [3.05, 3.63) is 41.7 Å². The molecule has 8 heteroatoms. The van der Waals surface area contributed by atoms with Crippen molar-refractivity contribution in [1.82, 2.24) is 15.1 Å². The molecule has 1 aromatic heterocycles. The molecule has 0 bridgehead atoms. The molecule has 1 heterocycles. The molecule has 3 N–H and O–H groups in total. The van der Waals surface area contributed by atoms with Gasteiger partial charge in [-0.1, -0.05) is 6.07 Å². The summed E-state index contributed by atoms with van der Waals surface area (Å²) >= 11 is 0. The SMILES string of the molecule is COC(=O)Nc1cccc(NC(=O)NCCCn2nc(C)cc2C)c1. The van der Waals surface area contributed by atoms with E-state index in [9.17, 15) is 9.59 Å².